The van der Waals surface area contributed by atoms with Crippen LogP contribution in [0.4, 0.5) is 15.5 Å². The summed E-state index contributed by atoms with van der Waals surface area (Å²) in [5.41, 5.74) is 2.94. The van der Waals surface area contributed by atoms with Gasteiger partial charge >= 0.3 is 6.03 Å². The summed E-state index contributed by atoms with van der Waals surface area (Å²) in [6.07, 6.45) is 1.69. The number of aromatic amines is 1. The molecule has 2 aromatic heterocycles. The van der Waals surface area contributed by atoms with Crippen LogP contribution in [0.2, 0.25) is 0 Å². The number of H-pyrrole nitrogens is 1. The number of hydrogen-bond acceptors (Lipinski definition) is 5. The molecule has 4 N–H and O–H groups in total. The van der Waals surface area contributed by atoms with Crippen LogP contribution in [0.15, 0.2) is 60.8 Å². The van der Waals surface area contributed by atoms with Gasteiger partial charge in [0, 0.05) is 29.0 Å². The van der Waals surface area contributed by atoms with Gasteiger partial charge in [-0.25, -0.2) is 4.79 Å². The van der Waals surface area contributed by atoms with E-state index >= 15 is 0 Å². The first-order valence-corrected chi connectivity index (χ1v) is 10.9. The fourth-order valence-electron chi connectivity index (χ4n) is 3.17. The summed E-state index contributed by atoms with van der Waals surface area (Å²) < 4.78 is 0. The fourth-order valence-corrected chi connectivity index (χ4v) is 4.23. The molecule has 9 heteroatoms. The van der Waals surface area contributed by atoms with Gasteiger partial charge in [-0.15, -0.1) is 11.3 Å². The van der Waals surface area contributed by atoms with Gasteiger partial charge in [0.25, 0.3) is 5.91 Å². The molecule has 4 aromatic rings. The van der Waals surface area contributed by atoms with Gasteiger partial charge in [-0.2, -0.15) is 5.10 Å². The Morgan fingerprint density at radius 2 is 1.88 bits per heavy atom. The zero-order chi connectivity index (χ0) is 22.5. The van der Waals surface area contributed by atoms with Crippen LogP contribution in [-0.4, -0.2) is 54.2 Å². The Morgan fingerprint density at radius 1 is 1.06 bits per heavy atom. The monoisotopic (exact) mass is 448 g/mol. The Bertz CT molecular complexity index is 1230. The number of amides is 3. The summed E-state index contributed by atoms with van der Waals surface area (Å²) in [4.78, 5) is 28.4. The van der Waals surface area contributed by atoms with Crippen molar-refractivity contribution in [1.82, 2.24) is 20.4 Å². The zero-order valence-electron chi connectivity index (χ0n) is 17.8. The summed E-state index contributed by atoms with van der Waals surface area (Å²) in [6, 6.07) is 16.6. The van der Waals surface area contributed by atoms with Crippen molar-refractivity contribution in [2.45, 2.75) is 0 Å². The number of aromatic nitrogens is 2. The molecule has 0 unspecified atom stereocenters. The molecule has 164 valence electrons. The molecule has 0 atom stereocenters. The first-order valence-electron chi connectivity index (χ1n) is 10.1. The largest absolute Gasteiger partial charge is 0.351 e. The Kier molecular flexibility index (Phi) is 6.48. The number of thiophene rings is 1. The highest BCUT2D eigenvalue weighted by Gasteiger charge is 2.19. The second-order valence-corrected chi connectivity index (χ2v) is 8.58. The number of carbonyl (C=O) groups excluding carboxylic acids is 2. The van der Waals surface area contributed by atoms with Crippen LogP contribution < -0.4 is 16.0 Å². The molecule has 0 saturated heterocycles. The van der Waals surface area contributed by atoms with Crippen molar-refractivity contribution >= 4 is 44.9 Å². The Morgan fingerprint density at radius 3 is 2.66 bits per heavy atom. The van der Waals surface area contributed by atoms with Crippen molar-refractivity contribution in [3.63, 3.8) is 0 Å². The third kappa shape index (κ3) is 5.13. The van der Waals surface area contributed by atoms with Gasteiger partial charge in [-0.1, -0.05) is 30.3 Å². The summed E-state index contributed by atoms with van der Waals surface area (Å²) in [7, 11) is 3.89. The second-order valence-electron chi connectivity index (χ2n) is 7.53. The topological polar surface area (TPSA) is 102 Å². The normalized spacial score (nSPS) is 11.0. The molecule has 4 rings (SSSR count). The number of carbonyl (C=O) groups is 2. The van der Waals surface area contributed by atoms with Gasteiger partial charge in [0.15, 0.2) is 0 Å². The van der Waals surface area contributed by atoms with Crippen molar-refractivity contribution in [3.8, 4) is 10.4 Å². The van der Waals surface area contributed by atoms with Crippen LogP contribution in [-0.2, 0) is 0 Å². The lowest BCUT2D eigenvalue weighted by Crippen LogP contribution is -2.31. The Labute approximate surface area is 189 Å². The fraction of sp³-hybridized carbons (Fsp3) is 0.174. The van der Waals surface area contributed by atoms with E-state index in [9.17, 15) is 9.59 Å². The van der Waals surface area contributed by atoms with Crippen molar-refractivity contribution in [2.75, 3.05) is 37.8 Å². The molecule has 0 aliphatic carbocycles. The van der Waals surface area contributed by atoms with E-state index in [1.54, 1.807) is 12.3 Å². The molecule has 0 spiro atoms. The molecule has 0 radical (unpaired) electrons. The van der Waals surface area contributed by atoms with Crippen LogP contribution >= 0.6 is 11.3 Å². The Hall–Kier alpha value is -3.69. The van der Waals surface area contributed by atoms with Crippen LogP contribution in [0, 0.1) is 0 Å². The van der Waals surface area contributed by atoms with Gasteiger partial charge in [0.05, 0.1) is 17.3 Å². The number of anilines is 2. The minimum atomic E-state index is -0.420. The number of urea groups is 1. The van der Waals surface area contributed by atoms with E-state index in [0.717, 1.165) is 27.9 Å². The van der Waals surface area contributed by atoms with E-state index in [2.05, 4.69) is 26.1 Å². The van der Waals surface area contributed by atoms with E-state index in [-0.39, 0.29) is 5.91 Å². The quantitative estimate of drug-likeness (QED) is 0.340. The molecule has 8 nitrogen and oxygen atoms in total. The molecule has 2 heterocycles. The lowest BCUT2D eigenvalue weighted by Gasteiger charge is -2.11. The number of nitrogens with zero attached hydrogens (tertiary/aromatic N) is 2. The van der Waals surface area contributed by atoms with Crippen molar-refractivity contribution < 1.29 is 9.59 Å². The van der Waals surface area contributed by atoms with Gasteiger partial charge in [-0.05, 0) is 43.9 Å². The number of rotatable bonds is 7. The number of hydrogen-bond donors (Lipinski definition) is 4. The minimum Gasteiger partial charge on any atom is -0.351 e. The highest BCUT2D eigenvalue weighted by atomic mass is 32.1. The molecule has 32 heavy (non-hydrogen) atoms. The zero-order valence-corrected chi connectivity index (χ0v) is 18.6. The maximum absolute atomic E-state index is 12.8. The Balaban J connectivity index is 1.54. The van der Waals surface area contributed by atoms with E-state index in [0.29, 0.717) is 22.8 Å². The SMILES string of the molecule is CN(C)CCNC(=O)c1cc(-c2ccccc2)sc1NC(=O)Nc1ccc2[nH]ncc2c1. The van der Waals surface area contributed by atoms with E-state index in [1.165, 1.54) is 11.3 Å². The lowest BCUT2D eigenvalue weighted by atomic mass is 10.1. The van der Waals surface area contributed by atoms with Gasteiger partial charge < -0.3 is 15.5 Å². The maximum atomic E-state index is 12.8. The second kappa shape index (κ2) is 9.63. The minimum absolute atomic E-state index is 0.222. The highest BCUT2D eigenvalue weighted by Crippen LogP contribution is 2.35. The molecule has 0 saturated carbocycles. The van der Waals surface area contributed by atoms with Gasteiger partial charge in [-0.3, -0.25) is 15.2 Å². The number of benzene rings is 2. The summed E-state index contributed by atoms with van der Waals surface area (Å²) in [5, 5.41) is 16.8. The van der Waals surface area contributed by atoms with Crippen molar-refractivity contribution in [1.29, 1.82) is 0 Å². The third-order valence-corrected chi connectivity index (χ3v) is 5.90. The molecule has 0 fully saturated rings. The summed E-state index contributed by atoms with van der Waals surface area (Å²) in [6.45, 7) is 1.24. The van der Waals surface area contributed by atoms with E-state index < -0.39 is 6.03 Å². The summed E-state index contributed by atoms with van der Waals surface area (Å²) in [5.74, 6) is -0.222. The van der Waals surface area contributed by atoms with Gasteiger partial charge in [0.1, 0.15) is 5.00 Å². The number of fused-ring (bicyclic) bond motifs is 1. The number of likely N-dealkylation sites (N-methyl/N-ethyl adjacent to an activating group) is 1. The predicted octanol–water partition coefficient (Wildman–Crippen LogP) is 4.23. The average molecular weight is 449 g/mol. The third-order valence-electron chi connectivity index (χ3n) is 4.80. The maximum Gasteiger partial charge on any atom is 0.324 e. The van der Waals surface area contributed by atoms with Crippen LogP contribution in [0.25, 0.3) is 21.3 Å². The van der Waals surface area contributed by atoms with Crippen LogP contribution in [0.5, 0.6) is 0 Å². The standard InChI is InChI=1S/C23H24N6O2S/c1-29(2)11-10-24-21(30)18-13-20(15-6-4-3-5-7-15)32-22(18)27-23(31)26-17-8-9-19-16(12-17)14-25-28-19/h3-9,12-14H,10-11H2,1-2H3,(H,24,30)(H,25,28)(H2,26,27,31). The summed E-state index contributed by atoms with van der Waals surface area (Å²) >= 11 is 1.37. The van der Waals surface area contributed by atoms with Crippen molar-refractivity contribution in [2.24, 2.45) is 0 Å². The molecule has 0 aliphatic rings. The van der Waals surface area contributed by atoms with Crippen LogP contribution in [0.1, 0.15) is 10.4 Å². The molecule has 3 amide bonds. The van der Waals surface area contributed by atoms with E-state index in [4.69, 9.17) is 0 Å². The smallest absolute Gasteiger partial charge is 0.324 e. The van der Waals surface area contributed by atoms with E-state index in [1.807, 2.05) is 67.5 Å². The molecule has 0 aliphatic heterocycles. The first kappa shape index (κ1) is 21.5. The molecular formula is C23H24N6O2S. The number of nitrogens with one attached hydrogen (secondary N) is 4. The highest BCUT2D eigenvalue weighted by molar-refractivity contribution is 7.20. The first-order chi connectivity index (χ1) is 15.5. The lowest BCUT2D eigenvalue weighted by molar-refractivity contribution is 0.0952. The molecule has 0 bridgehead atoms. The van der Waals surface area contributed by atoms with Gasteiger partial charge in [0.2, 0.25) is 0 Å². The van der Waals surface area contributed by atoms with Crippen LogP contribution in [0.3, 0.4) is 0 Å². The molecule has 2 aromatic carbocycles. The predicted molar refractivity (Wildman–Crippen MR) is 129 cm³/mol. The van der Waals surface area contributed by atoms with Crippen molar-refractivity contribution in [3.05, 3.63) is 66.4 Å². The average Bonchev–Trinajstić information content (AvgIpc) is 3.40. The molecular weight excluding hydrogens is 424 g/mol.